The van der Waals surface area contributed by atoms with E-state index in [1.165, 1.54) is 38.5 Å². The molecule has 3 aromatic carbocycles. The van der Waals surface area contributed by atoms with Gasteiger partial charge in [0.25, 0.3) is 0 Å². The summed E-state index contributed by atoms with van der Waals surface area (Å²) in [5, 5.41) is 5.46. The van der Waals surface area contributed by atoms with E-state index in [-0.39, 0.29) is 5.41 Å². The molecule has 0 spiro atoms. The molecule has 0 radical (unpaired) electrons. The van der Waals surface area contributed by atoms with E-state index in [2.05, 4.69) is 80.9 Å². The molecule has 0 fully saturated rings. The van der Waals surface area contributed by atoms with Crippen LogP contribution in [0.2, 0.25) is 0 Å². The lowest BCUT2D eigenvalue weighted by atomic mass is 9.78. The van der Waals surface area contributed by atoms with E-state index >= 15 is 0 Å². The Balaban J connectivity index is 0.000000528. The molecule has 0 aliphatic carbocycles. The number of hydrogen-bond donors (Lipinski definition) is 0. The van der Waals surface area contributed by atoms with E-state index in [0.29, 0.717) is 0 Å². The molecule has 132 valence electrons. The van der Waals surface area contributed by atoms with Gasteiger partial charge < -0.3 is 0 Å². The first-order valence-corrected chi connectivity index (χ1v) is 9.55. The lowest BCUT2D eigenvalue weighted by Gasteiger charge is -2.18. The van der Waals surface area contributed by atoms with Gasteiger partial charge in [0.1, 0.15) is 7.05 Å². The van der Waals surface area contributed by atoms with E-state index < -0.39 is 0 Å². The summed E-state index contributed by atoms with van der Waals surface area (Å²) in [5.74, 6) is 0. The van der Waals surface area contributed by atoms with Crippen molar-refractivity contribution in [1.82, 2.24) is 0 Å². The summed E-state index contributed by atoms with van der Waals surface area (Å²) >= 11 is 0. The second kappa shape index (κ2) is 7.39. The molecule has 1 heterocycles. The number of rotatable bonds is 0. The molecule has 3 aromatic rings. The van der Waals surface area contributed by atoms with Crippen molar-refractivity contribution < 1.29 is 4.58 Å². The number of benzene rings is 3. The lowest BCUT2D eigenvalue weighted by molar-refractivity contribution is -0.401. The van der Waals surface area contributed by atoms with Gasteiger partial charge >= 0.3 is 0 Å². The first kappa shape index (κ1) is 19.2. The van der Waals surface area contributed by atoms with E-state index in [4.69, 9.17) is 0 Å². The normalized spacial score (nSPS) is 14.6. The fraction of sp³-hybridized carbons (Fsp3) is 0.375. The minimum atomic E-state index is 0.0771. The van der Waals surface area contributed by atoms with Crippen molar-refractivity contribution in [2.75, 3.05) is 7.05 Å². The summed E-state index contributed by atoms with van der Waals surface area (Å²) in [7, 11) is 2.20. The van der Waals surface area contributed by atoms with Gasteiger partial charge in [0, 0.05) is 12.5 Å². The molecule has 0 saturated carbocycles. The van der Waals surface area contributed by atoms with Crippen molar-refractivity contribution in [3.05, 3.63) is 54.1 Å². The van der Waals surface area contributed by atoms with Gasteiger partial charge in [0.2, 0.25) is 5.69 Å². The molecule has 1 aliphatic rings. The zero-order chi connectivity index (χ0) is 18.8. The second-order valence-corrected chi connectivity index (χ2v) is 6.58. The maximum Gasteiger partial charge on any atom is 0.217 e. The SMILES string of the molecule is CC.CC.CC1=[N+](C)c2c(c3ccccc3c3ccccc23)C1(C)C. The lowest BCUT2D eigenvalue weighted by Crippen LogP contribution is -2.25. The monoisotopic (exact) mass is 334 g/mol. The van der Waals surface area contributed by atoms with Gasteiger partial charge in [-0.25, -0.2) is 4.58 Å². The molecule has 0 aromatic heterocycles. The van der Waals surface area contributed by atoms with Gasteiger partial charge in [-0.1, -0.05) is 70.2 Å². The average molecular weight is 335 g/mol. The first-order chi connectivity index (χ1) is 12.0. The molecular formula is C24H32N+. The maximum atomic E-state index is 2.38. The van der Waals surface area contributed by atoms with Gasteiger partial charge in [0.05, 0.1) is 10.8 Å². The van der Waals surface area contributed by atoms with E-state index in [1.54, 1.807) is 0 Å². The molecule has 1 aliphatic heterocycles. The van der Waals surface area contributed by atoms with Gasteiger partial charge in [-0.15, -0.1) is 0 Å². The summed E-state index contributed by atoms with van der Waals surface area (Å²) in [6, 6.07) is 17.6. The number of nitrogens with zero attached hydrogens (tertiary/aromatic N) is 1. The Morgan fingerprint density at radius 2 is 1.08 bits per heavy atom. The van der Waals surface area contributed by atoms with Crippen LogP contribution in [0.25, 0.3) is 21.5 Å². The third-order valence-corrected chi connectivity index (χ3v) is 5.27. The third kappa shape index (κ3) is 2.76. The van der Waals surface area contributed by atoms with Crippen LogP contribution in [0.3, 0.4) is 0 Å². The molecule has 0 amide bonds. The van der Waals surface area contributed by atoms with Crippen LogP contribution in [0.1, 0.15) is 54.0 Å². The Labute approximate surface area is 153 Å². The molecule has 1 heteroatoms. The van der Waals surface area contributed by atoms with Crippen LogP contribution in [0.15, 0.2) is 48.5 Å². The zero-order valence-corrected chi connectivity index (χ0v) is 17.1. The van der Waals surface area contributed by atoms with Gasteiger partial charge in [-0.05, 0) is 36.1 Å². The molecule has 4 rings (SSSR count). The highest BCUT2D eigenvalue weighted by atomic mass is 15.0. The van der Waals surface area contributed by atoms with Crippen LogP contribution in [0.4, 0.5) is 5.69 Å². The van der Waals surface area contributed by atoms with Crippen LogP contribution >= 0.6 is 0 Å². The van der Waals surface area contributed by atoms with E-state index in [0.717, 1.165) is 0 Å². The summed E-state index contributed by atoms with van der Waals surface area (Å²) < 4.78 is 2.38. The highest BCUT2D eigenvalue weighted by molar-refractivity contribution is 6.17. The molecular weight excluding hydrogens is 302 g/mol. The van der Waals surface area contributed by atoms with Crippen molar-refractivity contribution in [2.24, 2.45) is 0 Å². The summed E-state index contributed by atoms with van der Waals surface area (Å²) in [4.78, 5) is 0. The van der Waals surface area contributed by atoms with Crippen molar-refractivity contribution in [3.63, 3.8) is 0 Å². The topological polar surface area (TPSA) is 3.01 Å². The predicted molar refractivity (Wildman–Crippen MR) is 114 cm³/mol. The van der Waals surface area contributed by atoms with Crippen LogP contribution in [-0.2, 0) is 5.41 Å². The maximum absolute atomic E-state index is 2.38. The predicted octanol–water partition coefficient (Wildman–Crippen LogP) is 7.07. The Hall–Kier alpha value is -2.15. The summed E-state index contributed by atoms with van der Waals surface area (Å²) in [6.07, 6.45) is 0. The van der Waals surface area contributed by atoms with Crippen molar-refractivity contribution in [3.8, 4) is 0 Å². The smallest absolute Gasteiger partial charge is 0.201 e. The Bertz CT molecular complexity index is 929. The number of hydrogen-bond acceptors (Lipinski definition) is 0. The van der Waals surface area contributed by atoms with Crippen molar-refractivity contribution in [1.29, 1.82) is 0 Å². The minimum Gasteiger partial charge on any atom is -0.201 e. The minimum absolute atomic E-state index is 0.0771. The zero-order valence-electron chi connectivity index (χ0n) is 17.1. The van der Waals surface area contributed by atoms with Gasteiger partial charge in [-0.2, -0.15) is 0 Å². The van der Waals surface area contributed by atoms with Crippen LogP contribution in [-0.4, -0.2) is 17.3 Å². The number of fused-ring (bicyclic) bond motifs is 6. The molecule has 0 unspecified atom stereocenters. The fourth-order valence-electron chi connectivity index (χ4n) is 3.87. The molecule has 0 saturated heterocycles. The summed E-state index contributed by atoms with van der Waals surface area (Å²) in [6.45, 7) is 14.9. The van der Waals surface area contributed by atoms with Crippen LogP contribution in [0, 0.1) is 0 Å². The molecule has 0 atom stereocenters. The highest BCUT2D eigenvalue weighted by Gasteiger charge is 2.44. The summed E-state index contributed by atoms with van der Waals surface area (Å²) in [5.41, 5.74) is 4.34. The van der Waals surface area contributed by atoms with Crippen LogP contribution in [0.5, 0.6) is 0 Å². The Morgan fingerprint density at radius 3 is 1.60 bits per heavy atom. The second-order valence-electron chi connectivity index (χ2n) is 6.58. The molecule has 0 bridgehead atoms. The molecule has 1 nitrogen and oxygen atoms in total. The van der Waals surface area contributed by atoms with Crippen molar-refractivity contribution >= 4 is 32.9 Å². The van der Waals surface area contributed by atoms with E-state index in [1.807, 2.05) is 27.7 Å². The molecule has 25 heavy (non-hydrogen) atoms. The highest BCUT2D eigenvalue weighted by Crippen LogP contribution is 2.47. The van der Waals surface area contributed by atoms with Gasteiger partial charge in [0.15, 0.2) is 5.71 Å². The van der Waals surface area contributed by atoms with Gasteiger partial charge in [-0.3, -0.25) is 0 Å². The fourth-order valence-corrected chi connectivity index (χ4v) is 3.87. The third-order valence-electron chi connectivity index (χ3n) is 5.27. The average Bonchev–Trinajstić information content (AvgIpc) is 2.86. The first-order valence-electron chi connectivity index (χ1n) is 9.55. The van der Waals surface area contributed by atoms with Crippen LogP contribution < -0.4 is 0 Å². The largest absolute Gasteiger partial charge is 0.217 e. The molecule has 0 N–H and O–H groups in total. The van der Waals surface area contributed by atoms with E-state index in [9.17, 15) is 0 Å². The Morgan fingerprint density at radius 1 is 0.680 bits per heavy atom. The standard InChI is InChI=1S/C20H20N.2C2H6/c1-13-20(2,3)18-16-11-7-5-9-14(16)15-10-6-8-12-17(15)19(18)21(13)4;2*1-2/h5-12H,1-4H3;2*1-2H3/q+1;;. The quantitative estimate of drug-likeness (QED) is 0.305. The Kier molecular flexibility index (Phi) is 5.67. The van der Waals surface area contributed by atoms with Crippen molar-refractivity contribution in [2.45, 2.75) is 53.9 Å².